The second-order valence-corrected chi connectivity index (χ2v) is 9.15. The van der Waals surface area contributed by atoms with Crippen molar-refractivity contribution in [3.05, 3.63) is 118 Å². The first kappa shape index (κ1) is 23.0. The summed E-state index contributed by atoms with van der Waals surface area (Å²) in [6, 6.07) is 27.9. The van der Waals surface area contributed by atoms with Gasteiger partial charge in [-0.2, -0.15) is 10.5 Å². The molecule has 3 aromatic carbocycles. The third-order valence-corrected chi connectivity index (χ3v) is 7.15. The fourth-order valence-corrected chi connectivity index (χ4v) is 5.10. The smallest absolute Gasteiger partial charge is 0.253 e. The molecule has 5 heteroatoms. The van der Waals surface area contributed by atoms with E-state index in [2.05, 4.69) is 12.1 Å². The number of piperidine rings is 1. The van der Waals surface area contributed by atoms with E-state index in [1.165, 1.54) is 0 Å². The molecule has 1 aliphatic heterocycles. The molecule has 1 spiro atoms. The van der Waals surface area contributed by atoms with Gasteiger partial charge in [0.1, 0.15) is 0 Å². The molecule has 0 aromatic heterocycles. The zero-order chi connectivity index (χ0) is 25.1. The largest absolute Gasteiger partial charge is 0.339 e. The van der Waals surface area contributed by atoms with Gasteiger partial charge < -0.3 is 4.90 Å². The van der Waals surface area contributed by atoms with E-state index < -0.39 is 5.41 Å². The lowest BCUT2D eigenvalue weighted by Gasteiger charge is -2.50. The van der Waals surface area contributed by atoms with Crippen LogP contribution in [0.1, 0.15) is 45.5 Å². The van der Waals surface area contributed by atoms with E-state index in [4.69, 9.17) is 10.5 Å². The number of rotatable bonds is 3. The van der Waals surface area contributed by atoms with Crippen molar-refractivity contribution in [2.75, 3.05) is 13.1 Å². The Labute approximate surface area is 210 Å². The number of amides is 1. The van der Waals surface area contributed by atoms with Crippen LogP contribution in [0.2, 0.25) is 0 Å². The molecule has 0 unspecified atom stereocenters. The summed E-state index contributed by atoms with van der Waals surface area (Å²) in [6.45, 7) is 1.10. The van der Waals surface area contributed by atoms with Crippen molar-refractivity contribution < 1.29 is 9.59 Å². The monoisotopic (exact) mass is 469 g/mol. The normalized spacial score (nSPS) is 18.5. The molecular formula is C31H23N3O2. The summed E-state index contributed by atoms with van der Waals surface area (Å²) >= 11 is 0. The molecule has 0 radical (unpaired) electrons. The summed E-state index contributed by atoms with van der Waals surface area (Å²) in [5.74, 6) is 0.0119. The number of hydrogen-bond acceptors (Lipinski definition) is 4. The van der Waals surface area contributed by atoms with E-state index in [0.29, 0.717) is 42.6 Å². The predicted molar refractivity (Wildman–Crippen MR) is 137 cm³/mol. The number of benzene rings is 3. The average Bonchev–Trinajstić information content (AvgIpc) is 2.95. The molecule has 2 aliphatic rings. The van der Waals surface area contributed by atoms with Gasteiger partial charge >= 0.3 is 0 Å². The van der Waals surface area contributed by atoms with Gasteiger partial charge in [-0.1, -0.05) is 42.5 Å². The molecule has 5 nitrogen and oxygen atoms in total. The summed E-state index contributed by atoms with van der Waals surface area (Å²) in [5, 5.41) is 18.2. The van der Waals surface area contributed by atoms with Crippen LogP contribution in [0.3, 0.4) is 0 Å². The molecule has 0 bridgehead atoms. The minimum Gasteiger partial charge on any atom is -0.339 e. The Morgan fingerprint density at radius 1 is 0.750 bits per heavy atom. The number of ketones is 1. The number of allylic oxidation sites excluding steroid dienone is 2. The van der Waals surface area contributed by atoms with E-state index in [1.54, 1.807) is 24.3 Å². The Morgan fingerprint density at radius 3 is 1.67 bits per heavy atom. The average molecular weight is 470 g/mol. The van der Waals surface area contributed by atoms with Gasteiger partial charge in [0.05, 0.1) is 23.3 Å². The van der Waals surface area contributed by atoms with Crippen molar-refractivity contribution in [1.82, 2.24) is 4.90 Å². The van der Waals surface area contributed by atoms with Gasteiger partial charge in [0.2, 0.25) is 0 Å². The van der Waals surface area contributed by atoms with Gasteiger partial charge in [0, 0.05) is 35.2 Å². The number of carbonyl (C=O) groups excluding carboxylic acids is 2. The highest BCUT2D eigenvalue weighted by atomic mass is 16.2. The molecule has 1 saturated carbocycles. The molecule has 2 fully saturated rings. The molecule has 5 rings (SSSR count). The van der Waals surface area contributed by atoms with Gasteiger partial charge in [-0.25, -0.2) is 0 Å². The molecule has 174 valence electrons. The van der Waals surface area contributed by atoms with Crippen molar-refractivity contribution in [2.45, 2.75) is 12.8 Å². The quantitative estimate of drug-likeness (QED) is 0.481. The number of likely N-dealkylation sites (tertiary alicyclic amines) is 1. The Morgan fingerprint density at radius 2 is 1.22 bits per heavy atom. The lowest BCUT2D eigenvalue weighted by molar-refractivity contribution is -0.118. The maximum absolute atomic E-state index is 13.4. The van der Waals surface area contributed by atoms with Crippen LogP contribution in [0, 0.1) is 28.1 Å². The van der Waals surface area contributed by atoms with Crippen LogP contribution in [0.5, 0.6) is 0 Å². The Hall–Kier alpha value is -4.74. The predicted octanol–water partition coefficient (Wildman–Crippen LogP) is 5.40. The van der Waals surface area contributed by atoms with Gasteiger partial charge in [0.15, 0.2) is 5.78 Å². The minimum absolute atomic E-state index is 0.00587. The molecule has 1 amide bonds. The summed E-state index contributed by atoms with van der Waals surface area (Å²) in [6.07, 6.45) is 5.16. The van der Waals surface area contributed by atoms with E-state index in [9.17, 15) is 9.59 Å². The second-order valence-electron chi connectivity index (χ2n) is 9.15. The van der Waals surface area contributed by atoms with Crippen LogP contribution in [-0.4, -0.2) is 29.7 Å². The molecule has 1 aliphatic carbocycles. The molecular weight excluding hydrogens is 446 g/mol. The van der Waals surface area contributed by atoms with Gasteiger partial charge in [-0.15, -0.1) is 0 Å². The van der Waals surface area contributed by atoms with Crippen LogP contribution in [0.15, 0.2) is 90.0 Å². The summed E-state index contributed by atoms with van der Waals surface area (Å²) < 4.78 is 0. The van der Waals surface area contributed by atoms with Crippen molar-refractivity contribution in [1.29, 1.82) is 10.5 Å². The highest BCUT2D eigenvalue weighted by Crippen LogP contribution is 2.56. The zero-order valence-electron chi connectivity index (χ0n) is 19.6. The molecule has 0 N–H and O–H groups in total. The SMILES string of the molecule is N#Cc1ccc(/C=C2/C(=O)/C(=C/c3ccc(C#N)cc3)C23CCN(C(=O)c2ccccc2)CC3)cc1. The molecule has 36 heavy (non-hydrogen) atoms. The molecule has 0 atom stereocenters. The van der Waals surface area contributed by atoms with E-state index >= 15 is 0 Å². The van der Waals surface area contributed by atoms with E-state index in [1.807, 2.05) is 71.6 Å². The topological polar surface area (TPSA) is 85.0 Å². The van der Waals surface area contributed by atoms with E-state index in [-0.39, 0.29) is 11.7 Å². The van der Waals surface area contributed by atoms with Gasteiger partial charge in [-0.3, -0.25) is 9.59 Å². The minimum atomic E-state index is -0.438. The Kier molecular flexibility index (Phi) is 6.07. The van der Waals surface area contributed by atoms with Crippen molar-refractivity contribution in [3.63, 3.8) is 0 Å². The summed E-state index contributed by atoms with van der Waals surface area (Å²) in [7, 11) is 0. The third-order valence-electron chi connectivity index (χ3n) is 7.15. The first-order valence-electron chi connectivity index (χ1n) is 11.9. The highest BCUT2D eigenvalue weighted by Gasteiger charge is 2.54. The third kappa shape index (κ3) is 4.13. The number of Topliss-reactive ketones (excluding diaryl/α,β-unsaturated/α-hetero) is 1. The van der Waals surface area contributed by atoms with Crippen LogP contribution < -0.4 is 0 Å². The van der Waals surface area contributed by atoms with Crippen LogP contribution in [0.25, 0.3) is 12.2 Å². The first-order chi connectivity index (χ1) is 17.5. The maximum Gasteiger partial charge on any atom is 0.253 e. The maximum atomic E-state index is 13.4. The van der Waals surface area contributed by atoms with Crippen molar-refractivity contribution in [2.24, 2.45) is 5.41 Å². The van der Waals surface area contributed by atoms with Crippen molar-refractivity contribution >= 4 is 23.8 Å². The number of nitriles is 2. The van der Waals surface area contributed by atoms with E-state index in [0.717, 1.165) is 22.3 Å². The zero-order valence-corrected chi connectivity index (χ0v) is 19.6. The number of nitrogens with zero attached hydrogens (tertiary/aromatic N) is 3. The first-order valence-corrected chi connectivity index (χ1v) is 11.9. The van der Waals surface area contributed by atoms with Crippen LogP contribution in [-0.2, 0) is 4.79 Å². The fourth-order valence-electron chi connectivity index (χ4n) is 5.10. The Balaban J connectivity index is 1.47. The highest BCUT2D eigenvalue weighted by molar-refractivity contribution is 6.23. The molecule has 1 heterocycles. The lowest BCUT2D eigenvalue weighted by atomic mass is 9.54. The summed E-state index contributed by atoms with van der Waals surface area (Å²) in [4.78, 5) is 28.3. The number of hydrogen-bond donors (Lipinski definition) is 0. The second kappa shape index (κ2) is 9.49. The van der Waals surface area contributed by atoms with Gasteiger partial charge in [0.25, 0.3) is 5.91 Å². The van der Waals surface area contributed by atoms with Gasteiger partial charge in [-0.05, 0) is 72.5 Å². The fraction of sp³-hybridized carbons (Fsp3) is 0.161. The molecule has 1 saturated heterocycles. The lowest BCUT2D eigenvalue weighted by Crippen LogP contribution is -2.52. The van der Waals surface area contributed by atoms with Crippen molar-refractivity contribution in [3.8, 4) is 12.1 Å². The van der Waals surface area contributed by atoms with Crippen LogP contribution >= 0.6 is 0 Å². The summed E-state index contributed by atoms with van der Waals surface area (Å²) in [5.41, 5.74) is 4.61. The molecule has 3 aromatic rings. The number of carbonyl (C=O) groups is 2. The standard InChI is InChI=1S/C31H23N3O2/c32-20-24-10-6-22(7-11-24)18-27-29(35)28(19-23-8-12-25(21-33)13-9-23)31(27)14-16-34(17-15-31)30(36)26-4-2-1-3-5-26/h1-13,18-19H,14-17H2/b27-18-,28-19-. The Bertz CT molecular complexity index is 1380. The van der Waals surface area contributed by atoms with Crippen LogP contribution in [0.4, 0.5) is 0 Å².